The number of rotatable bonds is 8. The average molecular weight is 419 g/mol. The molecule has 0 saturated heterocycles. The van der Waals surface area contributed by atoms with Crippen molar-refractivity contribution in [3.05, 3.63) is 52.5 Å². The highest BCUT2D eigenvalue weighted by atomic mass is 35.5. The van der Waals surface area contributed by atoms with Crippen molar-refractivity contribution < 1.29 is 19.0 Å². The van der Waals surface area contributed by atoms with E-state index in [9.17, 15) is 4.79 Å². The zero-order chi connectivity index (χ0) is 20.8. The van der Waals surface area contributed by atoms with E-state index in [1.165, 1.54) is 0 Å². The summed E-state index contributed by atoms with van der Waals surface area (Å²) in [6.07, 6.45) is 0. The molecule has 0 saturated carbocycles. The molecule has 2 aromatic rings. The maximum Gasteiger partial charge on any atom is 0.251 e. The number of hydrogen-bond acceptors (Lipinski definition) is 5. The molecule has 0 radical (unpaired) electrons. The van der Waals surface area contributed by atoms with Crippen LogP contribution in [0.3, 0.4) is 0 Å². The summed E-state index contributed by atoms with van der Waals surface area (Å²) in [5.74, 6) is 1.59. The molecule has 2 aromatic carbocycles. The van der Waals surface area contributed by atoms with Crippen LogP contribution in [0, 0.1) is 0 Å². The Balaban J connectivity index is 1.78. The Bertz CT molecular complexity index is 855. The number of methoxy groups -OCH3 is 1. The fourth-order valence-corrected chi connectivity index (χ4v) is 3.77. The number of fused-ring (bicyclic) bond motifs is 1. The summed E-state index contributed by atoms with van der Waals surface area (Å²) in [4.78, 5) is 15.1. The minimum atomic E-state index is -0.205. The lowest BCUT2D eigenvalue weighted by Crippen LogP contribution is -2.38. The Kier molecular flexibility index (Phi) is 7.23. The third kappa shape index (κ3) is 4.95. The molecule has 3 rings (SSSR count). The number of nitrogens with zero attached hydrogens (tertiary/aromatic N) is 1. The fourth-order valence-electron chi connectivity index (χ4n) is 3.50. The summed E-state index contributed by atoms with van der Waals surface area (Å²) in [5.41, 5.74) is 1.54. The predicted octanol–water partition coefficient (Wildman–Crippen LogP) is 3.93. The average Bonchev–Trinajstić information content (AvgIpc) is 2.76. The van der Waals surface area contributed by atoms with E-state index in [1.807, 2.05) is 18.2 Å². The largest absolute Gasteiger partial charge is 0.497 e. The molecule has 1 unspecified atom stereocenters. The van der Waals surface area contributed by atoms with Crippen molar-refractivity contribution in [2.45, 2.75) is 19.9 Å². The summed E-state index contributed by atoms with van der Waals surface area (Å²) < 4.78 is 16.5. The number of ether oxygens (including phenoxy) is 3. The van der Waals surface area contributed by atoms with Gasteiger partial charge in [0.25, 0.3) is 5.91 Å². The Morgan fingerprint density at radius 1 is 1.21 bits per heavy atom. The highest BCUT2D eigenvalue weighted by Gasteiger charge is 2.22. The van der Waals surface area contributed by atoms with Gasteiger partial charge in [0.05, 0.1) is 18.2 Å². The lowest BCUT2D eigenvalue weighted by atomic mass is 10.0. The molecule has 1 heterocycles. The molecule has 1 N–H and O–H groups in total. The van der Waals surface area contributed by atoms with E-state index in [-0.39, 0.29) is 11.9 Å². The number of nitrogens with one attached hydrogen (secondary N) is 1. The van der Waals surface area contributed by atoms with Gasteiger partial charge in [-0.1, -0.05) is 37.6 Å². The van der Waals surface area contributed by atoms with Gasteiger partial charge in [0.2, 0.25) is 0 Å². The number of amides is 1. The topological polar surface area (TPSA) is 60.0 Å². The van der Waals surface area contributed by atoms with Gasteiger partial charge in [-0.05, 0) is 42.9 Å². The maximum atomic E-state index is 12.8. The second-order valence-corrected chi connectivity index (χ2v) is 7.11. The summed E-state index contributed by atoms with van der Waals surface area (Å²) >= 11 is 6.27. The van der Waals surface area contributed by atoms with E-state index < -0.39 is 0 Å². The van der Waals surface area contributed by atoms with Crippen molar-refractivity contribution in [3.63, 3.8) is 0 Å². The van der Waals surface area contributed by atoms with Crippen molar-refractivity contribution >= 4 is 17.5 Å². The van der Waals surface area contributed by atoms with Crippen LogP contribution in [-0.2, 0) is 0 Å². The van der Waals surface area contributed by atoms with Gasteiger partial charge in [0.15, 0.2) is 11.5 Å². The summed E-state index contributed by atoms with van der Waals surface area (Å²) in [7, 11) is 1.65. The molecule has 1 atom stereocenters. The van der Waals surface area contributed by atoms with Crippen molar-refractivity contribution in [2.24, 2.45) is 0 Å². The van der Waals surface area contributed by atoms with Gasteiger partial charge in [-0.3, -0.25) is 9.69 Å². The number of benzene rings is 2. The minimum absolute atomic E-state index is 0.0248. The molecule has 1 aliphatic heterocycles. The zero-order valence-corrected chi connectivity index (χ0v) is 17.8. The predicted molar refractivity (Wildman–Crippen MR) is 113 cm³/mol. The molecular weight excluding hydrogens is 392 g/mol. The molecule has 156 valence electrons. The van der Waals surface area contributed by atoms with Crippen LogP contribution in [-0.4, -0.2) is 50.8 Å². The number of carbonyl (C=O) groups is 1. The zero-order valence-electron chi connectivity index (χ0n) is 17.0. The third-order valence-electron chi connectivity index (χ3n) is 5.05. The van der Waals surface area contributed by atoms with E-state index in [0.29, 0.717) is 41.8 Å². The number of halogens is 1. The van der Waals surface area contributed by atoms with Gasteiger partial charge in [-0.2, -0.15) is 0 Å². The smallest absolute Gasteiger partial charge is 0.251 e. The van der Waals surface area contributed by atoms with Crippen LogP contribution < -0.4 is 19.5 Å². The van der Waals surface area contributed by atoms with Crippen LogP contribution >= 0.6 is 11.6 Å². The van der Waals surface area contributed by atoms with Crippen molar-refractivity contribution in [2.75, 3.05) is 40.0 Å². The molecule has 0 aromatic heterocycles. The first-order valence-corrected chi connectivity index (χ1v) is 10.2. The van der Waals surface area contributed by atoms with Crippen molar-refractivity contribution in [3.8, 4) is 17.2 Å². The monoisotopic (exact) mass is 418 g/mol. The molecule has 1 aliphatic rings. The van der Waals surface area contributed by atoms with E-state index >= 15 is 0 Å². The molecule has 0 bridgehead atoms. The first-order chi connectivity index (χ1) is 14.1. The second kappa shape index (κ2) is 9.85. The Hall–Kier alpha value is -2.44. The first-order valence-electron chi connectivity index (χ1n) is 9.82. The lowest BCUT2D eigenvalue weighted by molar-refractivity contribution is 0.0933. The molecular formula is C22H27ClN2O4. The van der Waals surface area contributed by atoms with Gasteiger partial charge in [0, 0.05) is 12.1 Å². The van der Waals surface area contributed by atoms with E-state index in [0.717, 1.165) is 24.4 Å². The third-order valence-corrected chi connectivity index (χ3v) is 5.33. The molecule has 0 fully saturated rings. The first kappa shape index (κ1) is 21.3. The van der Waals surface area contributed by atoms with Crippen LogP contribution in [0.25, 0.3) is 0 Å². The number of hydrogen-bond donors (Lipinski definition) is 1. The quantitative estimate of drug-likeness (QED) is 0.703. The standard InChI is InChI=1S/C22H27ClN2O4/c1-4-25(5-2)19(15-7-6-8-17(11-15)27-3)14-24-22(26)16-12-18(23)21-20(13-16)28-9-10-29-21/h6-8,11-13,19H,4-5,9-10,14H2,1-3H3,(H,24,26). The van der Waals surface area contributed by atoms with Gasteiger partial charge < -0.3 is 19.5 Å². The second-order valence-electron chi connectivity index (χ2n) is 6.71. The van der Waals surface area contributed by atoms with Gasteiger partial charge in [0.1, 0.15) is 19.0 Å². The molecule has 0 spiro atoms. The van der Waals surface area contributed by atoms with Gasteiger partial charge in [-0.15, -0.1) is 0 Å². The van der Waals surface area contributed by atoms with Crippen molar-refractivity contribution in [1.29, 1.82) is 0 Å². The number of carbonyl (C=O) groups excluding carboxylic acids is 1. The minimum Gasteiger partial charge on any atom is -0.497 e. The highest BCUT2D eigenvalue weighted by molar-refractivity contribution is 6.32. The fraction of sp³-hybridized carbons (Fsp3) is 0.409. The summed E-state index contributed by atoms with van der Waals surface area (Å²) in [5, 5.41) is 3.42. The molecule has 1 amide bonds. The maximum absolute atomic E-state index is 12.8. The Morgan fingerprint density at radius 2 is 1.97 bits per heavy atom. The van der Waals surface area contributed by atoms with E-state index in [2.05, 4.69) is 30.1 Å². The van der Waals surface area contributed by atoms with Crippen LogP contribution in [0.4, 0.5) is 0 Å². The SMILES string of the molecule is CCN(CC)C(CNC(=O)c1cc(Cl)c2c(c1)OCCO2)c1cccc(OC)c1. The van der Waals surface area contributed by atoms with Gasteiger partial charge >= 0.3 is 0 Å². The lowest BCUT2D eigenvalue weighted by Gasteiger charge is -2.30. The van der Waals surface area contributed by atoms with Crippen LogP contribution in [0.2, 0.25) is 5.02 Å². The normalized spacial score (nSPS) is 13.8. The van der Waals surface area contributed by atoms with Gasteiger partial charge in [-0.25, -0.2) is 0 Å². The summed E-state index contributed by atoms with van der Waals surface area (Å²) in [6.45, 7) is 7.30. The van der Waals surface area contributed by atoms with Crippen molar-refractivity contribution in [1.82, 2.24) is 10.2 Å². The summed E-state index contributed by atoms with van der Waals surface area (Å²) in [6, 6.07) is 11.3. The molecule has 6 nitrogen and oxygen atoms in total. The molecule has 0 aliphatic carbocycles. The molecule has 29 heavy (non-hydrogen) atoms. The van der Waals surface area contributed by atoms with Crippen LogP contribution in [0.1, 0.15) is 35.8 Å². The highest BCUT2D eigenvalue weighted by Crippen LogP contribution is 2.38. The Labute approximate surface area is 176 Å². The Morgan fingerprint density at radius 3 is 2.69 bits per heavy atom. The van der Waals surface area contributed by atoms with E-state index in [4.69, 9.17) is 25.8 Å². The molecule has 7 heteroatoms. The van der Waals surface area contributed by atoms with E-state index in [1.54, 1.807) is 19.2 Å². The van der Waals surface area contributed by atoms with Crippen LogP contribution in [0.15, 0.2) is 36.4 Å². The van der Waals surface area contributed by atoms with Crippen LogP contribution in [0.5, 0.6) is 17.2 Å². The number of likely N-dealkylation sites (N-methyl/N-ethyl adjacent to an activating group) is 1.